The molecule has 5 nitrogen and oxygen atoms in total. The van der Waals surface area contributed by atoms with Gasteiger partial charge in [-0.1, -0.05) is 12.1 Å². The van der Waals surface area contributed by atoms with E-state index >= 15 is 0 Å². The molecule has 0 unspecified atom stereocenters. The van der Waals surface area contributed by atoms with Gasteiger partial charge in [-0.15, -0.1) is 0 Å². The van der Waals surface area contributed by atoms with E-state index in [0.717, 1.165) is 6.07 Å². The highest BCUT2D eigenvalue weighted by atomic mass is 19.4. The lowest BCUT2D eigenvalue weighted by atomic mass is 9.96. The number of aliphatic hydroxyl groups excluding tert-OH is 1. The third kappa shape index (κ3) is 3.85. The fourth-order valence-corrected chi connectivity index (χ4v) is 2.84. The van der Waals surface area contributed by atoms with Crippen LogP contribution in [-0.4, -0.2) is 21.0 Å². The molecule has 1 amide bonds. The number of H-pyrrole nitrogens is 1. The Hall–Kier alpha value is -3.13. The van der Waals surface area contributed by atoms with Gasteiger partial charge in [0.15, 0.2) is 0 Å². The molecule has 8 heteroatoms. The zero-order valence-corrected chi connectivity index (χ0v) is 14.2. The van der Waals surface area contributed by atoms with E-state index in [1.807, 2.05) is 0 Å². The summed E-state index contributed by atoms with van der Waals surface area (Å²) in [6.07, 6.45) is -0.0648. The van der Waals surface area contributed by atoms with Crippen molar-refractivity contribution in [3.63, 3.8) is 0 Å². The van der Waals surface area contributed by atoms with E-state index in [4.69, 9.17) is 5.73 Å². The van der Waals surface area contributed by atoms with Crippen molar-refractivity contribution in [1.29, 1.82) is 0 Å². The van der Waals surface area contributed by atoms with Crippen LogP contribution in [0.4, 0.5) is 13.2 Å². The summed E-state index contributed by atoms with van der Waals surface area (Å²) in [5.74, 6) is -0.614. The summed E-state index contributed by atoms with van der Waals surface area (Å²) in [5.41, 5.74) is 5.96. The number of hydrogen-bond donors (Lipinski definition) is 3. The van der Waals surface area contributed by atoms with Gasteiger partial charge in [-0.25, -0.2) is 4.98 Å². The van der Waals surface area contributed by atoms with E-state index in [-0.39, 0.29) is 5.56 Å². The Bertz CT molecular complexity index is 1040. The van der Waals surface area contributed by atoms with Gasteiger partial charge in [0, 0.05) is 35.0 Å². The lowest BCUT2D eigenvalue weighted by Gasteiger charge is -2.16. The number of rotatable bonds is 4. The molecule has 140 valence electrons. The lowest BCUT2D eigenvalue weighted by molar-refractivity contribution is -0.139. The zero-order chi connectivity index (χ0) is 19.8. The fraction of sp³-hybridized carbons (Fsp3) is 0.158. The molecular weight excluding hydrogens is 359 g/mol. The topological polar surface area (TPSA) is 92.0 Å². The normalized spacial score (nSPS) is 13.4. The Morgan fingerprint density at radius 2 is 2.04 bits per heavy atom. The minimum atomic E-state index is -4.59. The predicted molar refractivity (Wildman–Crippen MR) is 95.4 cm³/mol. The van der Waals surface area contributed by atoms with Crippen molar-refractivity contribution in [2.24, 2.45) is 5.73 Å². The van der Waals surface area contributed by atoms with Gasteiger partial charge in [0.2, 0.25) is 5.91 Å². The Morgan fingerprint density at radius 3 is 2.67 bits per heavy atom. The summed E-state index contributed by atoms with van der Waals surface area (Å²) in [6, 6.07) is 5.44. The standard InChI is InChI=1S/C19H16F3N3O2/c1-10(26)14-4-2-11(7-16(14)19(20,21)22)13-6-15-12(3-5-17(23)27)8-24-18(15)25-9-13/h2-10,26H,1H3,(H2,23,27)(H,24,25)/t10-/m1/s1. The Kier molecular flexibility index (Phi) is 4.75. The molecule has 0 aliphatic heterocycles. The molecule has 0 fully saturated rings. The van der Waals surface area contributed by atoms with E-state index in [1.54, 1.807) is 12.3 Å². The number of alkyl halides is 3. The van der Waals surface area contributed by atoms with Gasteiger partial charge < -0.3 is 15.8 Å². The molecule has 0 saturated carbocycles. The second kappa shape index (κ2) is 6.88. The van der Waals surface area contributed by atoms with Crippen LogP contribution >= 0.6 is 0 Å². The van der Waals surface area contributed by atoms with E-state index in [0.29, 0.717) is 27.7 Å². The van der Waals surface area contributed by atoms with Crippen LogP contribution in [0.15, 0.2) is 42.7 Å². The molecule has 0 aliphatic rings. The van der Waals surface area contributed by atoms with Crippen molar-refractivity contribution in [3.05, 3.63) is 59.4 Å². The molecule has 0 saturated heterocycles. The number of carbonyl (C=O) groups is 1. The number of aromatic amines is 1. The minimum absolute atomic E-state index is 0.188. The maximum atomic E-state index is 13.4. The van der Waals surface area contributed by atoms with Crippen molar-refractivity contribution in [1.82, 2.24) is 9.97 Å². The van der Waals surface area contributed by atoms with Crippen molar-refractivity contribution >= 4 is 23.0 Å². The number of carbonyl (C=O) groups excluding carboxylic acids is 1. The monoisotopic (exact) mass is 375 g/mol. The third-order valence-electron chi connectivity index (χ3n) is 4.13. The first-order chi connectivity index (χ1) is 12.7. The number of nitrogens with two attached hydrogens (primary N) is 1. The Morgan fingerprint density at radius 1 is 1.30 bits per heavy atom. The van der Waals surface area contributed by atoms with Crippen LogP contribution in [0.3, 0.4) is 0 Å². The van der Waals surface area contributed by atoms with Gasteiger partial charge in [0.1, 0.15) is 5.65 Å². The summed E-state index contributed by atoms with van der Waals surface area (Å²) >= 11 is 0. The molecule has 1 aromatic carbocycles. The van der Waals surface area contributed by atoms with Crippen LogP contribution in [0.2, 0.25) is 0 Å². The van der Waals surface area contributed by atoms with Gasteiger partial charge in [-0.3, -0.25) is 4.79 Å². The van der Waals surface area contributed by atoms with E-state index in [9.17, 15) is 23.1 Å². The first kappa shape index (κ1) is 18.7. The number of aromatic nitrogens is 2. The second-order valence-electron chi connectivity index (χ2n) is 6.08. The number of amides is 1. The number of primary amides is 1. The van der Waals surface area contributed by atoms with Crippen LogP contribution in [-0.2, 0) is 11.0 Å². The first-order valence-electron chi connectivity index (χ1n) is 8.01. The number of nitrogens with one attached hydrogen (secondary N) is 1. The first-order valence-corrected chi connectivity index (χ1v) is 8.01. The maximum absolute atomic E-state index is 13.4. The minimum Gasteiger partial charge on any atom is -0.389 e. The van der Waals surface area contributed by atoms with Gasteiger partial charge in [-0.05, 0) is 36.3 Å². The zero-order valence-electron chi connectivity index (χ0n) is 14.2. The van der Waals surface area contributed by atoms with Crippen molar-refractivity contribution in [2.45, 2.75) is 19.2 Å². The summed E-state index contributed by atoms with van der Waals surface area (Å²) in [5, 5.41) is 10.3. The van der Waals surface area contributed by atoms with Gasteiger partial charge >= 0.3 is 6.18 Å². The third-order valence-corrected chi connectivity index (χ3v) is 4.13. The molecule has 2 heterocycles. The van der Waals surface area contributed by atoms with Crippen LogP contribution in [0.1, 0.15) is 29.7 Å². The van der Waals surface area contributed by atoms with Crippen LogP contribution in [0.25, 0.3) is 28.2 Å². The highest BCUT2D eigenvalue weighted by Crippen LogP contribution is 2.37. The lowest BCUT2D eigenvalue weighted by Crippen LogP contribution is -2.11. The SMILES string of the molecule is C[C@@H](O)c1ccc(-c2cnc3[nH]cc(C=CC(N)=O)c3c2)cc1C(F)(F)F. The molecule has 3 aromatic rings. The maximum Gasteiger partial charge on any atom is 0.416 e. The Balaban J connectivity index is 2.12. The van der Waals surface area contributed by atoms with Crippen molar-refractivity contribution in [2.75, 3.05) is 0 Å². The molecular formula is C19H16F3N3O2. The van der Waals surface area contributed by atoms with Crippen molar-refractivity contribution in [3.8, 4) is 11.1 Å². The van der Waals surface area contributed by atoms with Crippen LogP contribution in [0, 0.1) is 0 Å². The number of benzene rings is 1. The number of pyridine rings is 1. The quantitative estimate of drug-likeness (QED) is 0.606. The molecule has 1 atom stereocenters. The van der Waals surface area contributed by atoms with Gasteiger partial charge in [-0.2, -0.15) is 13.2 Å². The molecule has 3 rings (SSSR count). The highest BCUT2D eigenvalue weighted by Gasteiger charge is 2.34. The average molecular weight is 375 g/mol. The molecule has 0 radical (unpaired) electrons. The van der Waals surface area contributed by atoms with E-state index < -0.39 is 23.8 Å². The van der Waals surface area contributed by atoms with E-state index in [2.05, 4.69) is 9.97 Å². The van der Waals surface area contributed by atoms with E-state index in [1.165, 1.54) is 37.4 Å². The number of halogens is 3. The molecule has 4 N–H and O–H groups in total. The predicted octanol–water partition coefficient (Wildman–Crippen LogP) is 3.80. The number of hydrogen-bond acceptors (Lipinski definition) is 3. The van der Waals surface area contributed by atoms with Gasteiger partial charge in [0.05, 0.1) is 11.7 Å². The fourth-order valence-electron chi connectivity index (χ4n) is 2.84. The summed E-state index contributed by atoms with van der Waals surface area (Å²) in [6.45, 7) is 1.29. The molecule has 27 heavy (non-hydrogen) atoms. The second-order valence-corrected chi connectivity index (χ2v) is 6.08. The summed E-state index contributed by atoms with van der Waals surface area (Å²) in [7, 11) is 0. The van der Waals surface area contributed by atoms with Gasteiger partial charge in [0.25, 0.3) is 0 Å². The van der Waals surface area contributed by atoms with Crippen LogP contribution < -0.4 is 5.73 Å². The number of nitrogens with zero attached hydrogens (tertiary/aromatic N) is 1. The Labute approximate surface area is 152 Å². The molecule has 0 spiro atoms. The molecule has 0 aliphatic carbocycles. The molecule has 2 aromatic heterocycles. The summed E-state index contributed by atoms with van der Waals surface area (Å²) in [4.78, 5) is 18.1. The number of aliphatic hydroxyl groups is 1. The van der Waals surface area contributed by atoms with Crippen molar-refractivity contribution < 1.29 is 23.1 Å². The summed E-state index contributed by atoms with van der Waals surface area (Å²) < 4.78 is 40.1. The average Bonchev–Trinajstić information content (AvgIpc) is 3.00. The number of fused-ring (bicyclic) bond motifs is 1. The largest absolute Gasteiger partial charge is 0.416 e. The molecule has 0 bridgehead atoms. The highest BCUT2D eigenvalue weighted by molar-refractivity contribution is 5.95. The smallest absolute Gasteiger partial charge is 0.389 e. The van der Waals surface area contributed by atoms with Crippen LogP contribution in [0.5, 0.6) is 0 Å².